The summed E-state index contributed by atoms with van der Waals surface area (Å²) in [6, 6.07) is 4.20. The first-order valence-corrected chi connectivity index (χ1v) is 6.41. The van der Waals surface area contributed by atoms with Gasteiger partial charge in [-0.25, -0.2) is 0 Å². The number of rotatable bonds is 2. The fourth-order valence-corrected chi connectivity index (χ4v) is 3.42. The topological polar surface area (TPSA) is 21.3 Å². The van der Waals surface area contributed by atoms with Gasteiger partial charge in [-0.05, 0) is 24.7 Å². The Kier molecular flexibility index (Phi) is 3.44. The van der Waals surface area contributed by atoms with Gasteiger partial charge >= 0.3 is 0 Å². The molecular weight excluding hydrogens is 230 g/mol. The van der Waals surface area contributed by atoms with Gasteiger partial charge in [0.15, 0.2) is 0 Å². The lowest BCUT2D eigenvalue weighted by atomic mass is 10.0. The Hall–Kier alpha value is -0.380. The fourth-order valence-electron chi connectivity index (χ4n) is 1.92. The zero-order chi connectivity index (χ0) is 10.8. The molecule has 82 valence electrons. The molecule has 0 aromatic heterocycles. The van der Waals surface area contributed by atoms with E-state index >= 15 is 0 Å². The van der Waals surface area contributed by atoms with Gasteiger partial charge in [0, 0.05) is 28.1 Å². The van der Waals surface area contributed by atoms with Crippen molar-refractivity contribution in [1.29, 1.82) is 0 Å². The number of benzene rings is 1. The molecule has 0 amide bonds. The monoisotopic (exact) mass is 243 g/mol. The minimum Gasteiger partial charge on any atom is -0.496 e. The van der Waals surface area contributed by atoms with Crippen LogP contribution in [0.25, 0.3) is 0 Å². The van der Waals surface area contributed by atoms with Gasteiger partial charge in [0.25, 0.3) is 0 Å². The van der Waals surface area contributed by atoms with Gasteiger partial charge in [0.1, 0.15) is 5.75 Å². The van der Waals surface area contributed by atoms with Crippen LogP contribution in [0.4, 0.5) is 0 Å². The van der Waals surface area contributed by atoms with E-state index in [0.717, 1.165) is 22.3 Å². The Labute approximate surface area is 99.3 Å². The molecule has 1 unspecified atom stereocenters. The number of hydrogen-bond acceptors (Lipinski definition) is 3. The number of ether oxygens (including phenoxy) is 1. The Morgan fingerprint density at radius 1 is 1.53 bits per heavy atom. The minimum absolute atomic E-state index is 0.335. The lowest BCUT2D eigenvalue weighted by Gasteiger charge is -2.27. The van der Waals surface area contributed by atoms with E-state index in [0.29, 0.717) is 6.04 Å². The molecule has 15 heavy (non-hydrogen) atoms. The molecule has 1 N–H and O–H groups in total. The van der Waals surface area contributed by atoms with Crippen LogP contribution in [0.2, 0.25) is 5.02 Å². The van der Waals surface area contributed by atoms with Crippen molar-refractivity contribution in [3.8, 4) is 5.75 Å². The maximum Gasteiger partial charge on any atom is 0.123 e. The summed E-state index contributed by atoms with van der Waals surface area (Å²) in [6.07, 6.45) is 0. The van der Waals surface area contributed by atoms with Crippen LogP contribution in [-0.2, 0) is 5.75 Å². The van der Waals surface area contributed by atoms with Crippen molar-refractivity contribution in [1.82, 2.24) is 5.32 Å². The highest BCUT2D eigenvalue weighted by Gasteiger charge is 2.24. The van der Waals surface area contributed by atoms with E-state index in [4.69, 9.17) is 16.3 Å². The van der Waals surface area contributed by atoms with Crippen LogP contribution < -0.4 is 10.1 Å². The molecule has 0 saturated carbocycles. The minimum atomic E-state index is 0.335. The first-order valence-electron chi connectivity index (χ1n) is 4.88. The summed E-state index contributed by atoms with van der Waals surface area (Å²) >= 11 is 8.15. The third kappa shape index (κ3) is 1.96. The van der Waals surface area contributed by atoms with E-state index in [1.165, 1.54) is 11.1 Å². The van der Waals surface area contributed by atoms with Gasteiger partial charge in [0.05, 0.1) is 7.11 Å². The number of methoxy groups -OCH3 is 1. The summed E-state index contributed by atoms with van der Waals surface area (Å²) in [5, 5.41) is 4.13. The van der Waals surface area contributed by atoms with Crippen molar-refractivity contribution in [3.63, 3.8) is 0 Å². The Bertz CT molecular complexity index is 370. The maximum atomic E-state index is 6.24. The van der Waals surface area contributed by atoms with Crippen LogP contribution in [0.15, 0.2) is 12.1 Å². The molecule has 2 rings (SSSR count). The first-order chi connectivity index (χ1) is 7.27. The highest BCUT2D eigenvalue weighted by atomic mass is 35.5. The molecule has 1 aromatic rings. The highest BCUT2D eigenvalue weighted by molar-refractivity contribution is 7.98. The standard InChI is InChI=1S/C11H14ClNOS/c1-13-9-6-15-5-7-10(14-2)4-3-8(12)11(7)9/h3-4,9,13H,5-6H2,1-2H3. The van der Waals surface area contributed by atoms with Crippen LogP contribution in [-0.4, -0.2) is 19.9 Å². The molecule has 0 aliphatic carbocycles. The second kappa shape index (κ2) is 4.64. The summed E-state index contributed by atoms with van der Waals surface area (Å²) in [5.74, 6) is 3.00. The van der Waals surface area contributed by atoms with E-state index in [1.807, 2.05) is 30.9 Å². The SMILES string of the molecule is CNC1CSCc2c(OC)ccc(Cl)c21. The number of thioether (sulfide) groups is 1. The van der Waals surface area contributed by atoms with Gasteiger partial charge in [-0.2, -0.15) is 11.8 Å². The Morgan fingerprint density at radius 2 is 2.33 bits per heavy atom. The predicted octanol–water partition coefficient (Wildman–Crippen LogP) is 2.86. The van der Waals surface area contributed by atoms with E-state index < -0.39 is 0 Å². The summed E-state index contributed by atoms with van der Waals surface area (Å²) in [5.41, 5.74) is 2.44. The predicted molar refractivity (Wildman–Crippen MR) is 66.0 cm³/mol. The van der Waals surface area contributed by atoms with Gasteiger partial charge in [-0.1, -0.05) is 11.6 Å². The van der Waals surface area contributed by atoms with Gasteiger partial charge in [-0.3, -0.25) is 0 Å². The zero-order valence-electron chi connectivity index (χ0n) is 8.84. The largest absolute Gasteiger partial charge is 0.496 e. The molecule has 4 heteroatoms. The van der Waals surface area contributed by atoms with E-state index in [2.05, 4.69) is 5.32 Å². The molecule has 0 saturated heterocycles. The first kappa shape index (κ1) is 11.1. The second-order valence-electron chi connectivity index (χ2n) is 3.50. The quantitative estimate of drug-likeness (QED) is 0.863. The third-order valence-electron chi connectivity index (χ3n) is 2.71. The van der Waals surface area contributed by atoms with Crippen molar-refractivity contribution in [2.45, 2.75) is 11.8 Å². The Morgan fingerprint density at radius 3 is 3.00 bits per heavy atom. The third-order valence-corrected chi connectivity index (χ3v) is 4.10. The second-order valence-corrected chi connectivity index (χ2v) is 4.94. The molecule has 0 fully saturated rings. The van der Waals surface area contributed by atoms with Crippen LogP contribution in [0, 0.1) is 0 Å². The van der Waals surface area contributed by atoms with Crippen molar-refractivity contribution in [3.05, 3.63) is 28.3 Å². The van der Waals surface area contributed by atoms with Crippen molar-refractivity contribution < 1.29 is 4.74 Å². The van der Waals surface area contributed by atoms with E-state index in [1.54, 1.807) is 7.11 Å². The number of hydrogen-bond donors (Lipinski definition) is 1. The Balaban J connectivity index is 2.53. The molecule has 1 atom stereocenters. The average Bonchev–Trinajstić information content (AvgIpc) is 2.29. The van der Waals surface area contributed by atoms with E-state index in [-0.39, 0.29) is 0 Å². The van der Waals surface area contributed by atoms with Crippen molar-refractivity contribution in [2.24, 2.45) is 0 Å². The summed E-state index contributed by atoms with van der Waals surface area (Å²) in [7, 11) is 3.67. The van der Waals surface area contributed by atoms with Gasteiger partial charge in [0.2, 0.25) is 0 Å². The summed E-state index contributed by atoms with van der Waals surface area (Å²) < 4.78 is 5.36. The number of halogens is 1. The number of nitrogens with one attached hydrogen (secondary N) is 1. The molecule has 1 aromatic carbocycles. The maximum absolute atomic E-state index is 6.24. The van der Waals surface area contributed by atoms with Crippen LogP contribution in [0.1, 0.15) is 17.2 Å². The van der Waals surface area contributed by atoms with Crippen LogP contribution in [0.3, 0.4) is 0 Å². The molecule has 1 aliphatic rings. The van der Waals surface area contributed by atoms with Crippen molar-refractivity contribution >= 4 is 23.4 Å². The molecule has 2 nitrogen and oxygen atoms in total. The highest BCUT2D eigenvalue weighted by Crippen LogP contribution is 2.40. The number of fused-ring (bicyclic) bond motifs is 1. The zero-order valence-corrected chi connectivity index (χ0v) is 10.4. The molecule has 0 radical (unpaired) electrons. The van der Waals surface area contributed by atoms with Gasteiger partial charge in [-0.15, -0.1) is 0 Å². The van der Waals surface area contributed by atoms with Gasteiger partial charge < -0.3 is 10.1 Å². The van der Waals surface area contributed by atoms with Crippen LogP contribution >= 0.6 is 23.4 Å². The summed E-state index contributed by atoms with van der Waals surface area (Å²) in [4.78, 5) is 0. The fraction of sp³-hybridized carbons (Fsp3) is 0.455. The smallest absolute Gasteiger partial charge is 0.123 e. The van der Waals surface area contributed by atoms with Crippen molar-refractivity contribution in [2.75, 3.05) is 19.9 Å². The molecule has 1 aliphatic heterocycles. The molecule has 1 heterocycles. The van der Waals surface area contributed by atoms with E-state index in [9.17, 15) is 0 Å². The average molecular weight is 244 g/mol. The molecule has 0 spiro atoms. The van der Waals surface area contributed by atoms with Crippen LogP contribution in [0.5, 0.6) is 5.75 Å². The molecule has 0 bridgehead atoms. The summed E-state index contributed by atoms with van der Waals surface area (Å²) in [6.45, 7) is 0. The molecular formula is C11H14ClNOS. The lowest BCUT2D eigenvalue weighted by molar-refractivity contribution is 0.409. The lowest BCUT2D eigenvalue weighted by Crippen LogP contribution is -2.23. The normalized spacial score (nSPS) is 19.8.